The van der Waals surface area contributed by atoms with Gasteiger partial charge in [-0.2, -0.15) is 0 Å². The maximum atomic E-state index is 7.60. The molecule has 1 aliphatic carbocycles. The summed E-state index contributed by atoms with van der Waals surface area (Å²) >= 11 is 0. The number of amidine groups is 1. The molecule has 1 aromatic rings. The van der Waals surface area contributed by atoms with Gasteiger partial charge in [-0.1, -0.05) is 13.8 Å². The second-order valence-corrected chi connectivity index (χ2v) is 6.78. The first kappa shape index (κ1) is 14.8. The number of aromatic nitrogens is 1. The Bertz CT molecular complexity index is 497. The molecule has 0 atom stereocenters. The van der Waals surface area contributed by atoms with Crippen LogP contribution in [0.1, 0.15) is 50.8 Å². The van der Waals surface area contributed by atoms with Crippen molar-refractivity contribution in [2.45, 2.75) is 52.5 Å². The highest BCUT2D eigenvalue weighted by Crippen LogP contribution is 2.37. The summed E-state index contributed by atoms with van der Waals surface area (Å²) in [6.07, 6.45) is 4.92. The lowest BCUT2D eigenvalue weighted by atomic mass is 9.75. The lowest BCUT2D eigenvalue weighted by Crippen LogP contribution is -2.37. The molecule has 0 aromatic carbocycles. The van der Waals surface area contributed by atoms with Gasteiger partial charge >= 0.3 is 0 Å². The molecule has 0 aliphatic heterocycles. The van der Waals surface area contributed by atoms with Crippen LogP contribution in [0.2, 0.25) is 0 Å². The van der Waals surface area contributed by atoms with E-state index in [4.69, 9.17) is 11.1 Å². The molecular formula is C16H26N4. The van der Waals surface area contributed by atoms with Gasteiger partial charge in [0, 0.05) is 24.3 Å². The summed E-state index contributed by atoms with van der Waals surface area (Å²) in [4.78, 5) is 6.86. The number of hydrogen-bond donors (Lipinski definition) is 2. The molecule has 4 heteroatoms. The highest BCUT2D eigenvalue weighted by atomic mass is 15.2. The van der Waals surface area contributed by atoms with Crippen LogP contribution >= 0.6 is 0 Å². The molecule has 20 heavy (non-hydrogen) atoms. The number of pyridine rings is 1. The van der Waals surface area contributed by atoms with Crippen LogP contribution in [-0.2, 0) is 0 Å². The monoisotopic (exact) mass is 274 g/mol. The molecule has 0 bridgehead atoms. The Balaban J connectivity index is 2.17. The first-order valence-electron chi connectivity index (χ1n) is 7.34. The SMILES string of the molecule is Cc1cc(C(=N)N)cc(N(C)C2CCC(C)(C)CC2)n1. The second-order valence-electron chi connectivity index (χ2n) is 6.78. The Hall–Kier alpha value is -1.58. The fourth-order valence-electron chi connectivity index (χ4n) is 2.95. The summed E-state index contributed by atoms with van der Waals surface area (Å²) in [6, 6.07) is 4.33. The fourth-order valence-corrected chi connectivity index (χ4v) is 2.95. The quantitative estimate of drug-likeness (QED) is 0.657. The van der Waals surface area contributed by atoms with Crippen LogP contribution in [0.25, 0.3) is 0 Å². The molecule has 1 heterocycles. The van der Waals surface area contributed by atoms with Crippen molar-refractivity contribution in [1.82, 2.24) is 4.98 Å². The first-order valence-corrected chi connectivity index (χ1v) is 7.34. The predicted molar refractivity (Wildman–Crippen MR) is 84.4 cm³/mol. The van der Waals surface area contributed by atoms with Gasteiger partial charge in [-0.05, 0) is 50.2 Å². The average molecular weight is 274 g/mol. The third-order valence-corrected chi connectivity index (χ3v) is 4.47. The third-order valence-electron chi connectivity index (χ3n) is 4.47. The van der Waals surface area contributed by atoms with Crippen molar-refractivity contribution in [2.24, 2.45) is 11.1 Å². The van der Waals surface area contributed by atoms with Crippen molar-refractivity contribution in [2.75, 3.05) is 11.9 Å². The molecule has 1 aliphatic rings. The van der Waals surface area contributed by atoms with Gasteiger partial charge < -0.3 is 10.6 Å². The second kappa shape index (κ2) is 5.43. The molecule has 0 saturated heterocycles. The number of aryl methyl sites for hydroxylation is 1. The molecule has 1 aromatic heterocycles. The number of anilines is 1. The molecule has 0 unspecified atom stereocenters. The summed E-state index contributed by atoms with van der Waals surface area (Å²) in [5, 5.41) is 7.60. The van der Waals surface area contributed by atoms with E-state index in [1.54, 1.807) is 0 Å². The van der Waals surface area contributed by atoms with E-state index < -0.39 is 0 Å². The van der Waals surface area contributed by atoms with Gasteiger partial charge in [0.25, 0.3) is 0 Å². The van der Waals surface area contributed by atoms with Crippen LogP contribution < -0.4 is 10.6 Å². The van der Waals surface area contributed by atoms with Gasteiger partial charge in [-0.15, -0.1) is 0 Å². The van der Waals surface area contributed by atoms with Gasteiger partial charge in [0.15, 0.2) is 0 Å². The summed E-state index contributed by atoms with van der Waals surface area (Å²) in [5.74, 6) is 1.04. The minimum atomic E-state index is 0.106. The van der Waals surface area contributed by atoms with Crippen LogP contribution in [0.3, 0.4) is 0 Å². The van der Waals surface area contributed by atoms with E-state index in [1.165, 1.54) is 25.7 Å². The minimum Gasteiger partial charge on any atom is -0.384 e. The summed E-state index contributed by atoms with van der Waals surface area (Å²) in [6.45, 7) is 6.65. The Kier molecular flexibility index (Phi) is 4.02. The van der Waals surface area contributed by atoms with E-state index in [2.05, 4.69) is 30.8 Å². The number of nitrogens with two attached hydrogens (primary N) is 1. The number of nitrogens with one attached hydrogen (secondary N) is 1. The van der Waals surface area contributed by atoms with Crippen molar-refractivity contribution >= 4 is 11.7 Å². The Morgan fingerprint density at radius 2 is 1.95 bits per heavy atom. The predicted octanol–water partition coefficient (Wildman–Crippen LogP) is 3.08. The Morgan fingerprint density at radius 1 is 1.35 bits per heavy atom. The molecule has 1 fully saturated rings. The van der Waals surface area contributed by atoms with Crippen molar-refractivity contribution in [3.05, 3.63) is 23.4 Å². The van der Waals surface area contributed by atoms with Gasteiger partial charge in [0.05, 0.1) is 0 Å². The van der Waals surface area contributed by atoms with Gasteiger partial charge in [-0.3, -0.25) is 5.41 Å². The Labute approximate surface area is 121 Å². The maximum absolute atomic E-state index is 7.60. The zero-order valence-electron chi connectivity index (χ0n) is 13.0. The number of nitrogens with zero attached hydrogens (tertiary/aromatic N) is 2. The van der Waals surface area contributed by atoms with Gasteiger partial charge in [-0.25, -0.2) is 4.98 Å². The number of hydrogen-bond acceptors (Lipinski definition) is 3. The molecule has 0 spiro atoms. The van der Waals surface area contributed by atoms with E-state index in [-0.39, 0.29) is 5.84 Å². The lowest BCUT2D eigenvalue weighted by Gasteiger charge is -2.39. The van der Waals surface area contributed by atoms with Gasteiger partial charge in [0.1, 0.15) is 11.7 Å². The molecule has 110 valence electrons. The fraction of sp³-hybridized carbons (Fsp3) is 0.625. The first-order chi connectivity index (χ1) is 9.28. The van der Waals surface area contributed by atoms with E-state index in [1.807, 2.05) is 19.1 Å². The average Bonchev–Trinajstić information content (AvgIpc) is 2.37. The third kappa shape index (κ3) is 3.30. The largest absolute Gasteiger partial charge is 0.384 e. The molecular weight excluding hydrogens is 248 g/mol. The van der Waals surface area contributed by atoms with Crippen LogP contribution in [0.4, 0.5) is 5.82 Å². The molecule has 0 amide bonds. The van der Waals surface area contributed by atoms with Crippen LogP contribution in [0.15, 0.2) is 12.1 Å². The molecule has 0 radical (unpaired) electrons. The normalized spacial score (nSPS) is 18.8. The van der Waals surface area contributed by atoms with E-state index in [0.717, 1.165) is 17.1 Å². The number of nitrogen functional groups attached to an aromatic ring is 1. The zero-order chi connectivity index (χ0) is 14.9. The topological polar surface area (TPSA) is 66.0 Å². The minimum absolute atomic E-state index is 0.106. The Morgan fingerprint density at radius 3 is 2.50 bits per heavy atom. The zero-order valence-corrected chi connectivity index (χ0v) is 13.0. The maximum Gasteiger partial charge on any atom is 0.129 e. The van der Waals surface area contributed by atoms with E-state index in [0.29, 0.717) is 11.5 Å². The lowest BCUT2D eigenvalue weighted by molar-refractivity contribution is 0.222. The summed E-state index contributed by atoms with van der Waals surface area (Å²) < 4.78 is 0. The van der Waals surface area contributed by atoms with E-state index in [9.17, 15) is 0 Å². The summed E-state index contributed by atoms with van der Waals surface area (Å²) in [7, 11) is 2.11. The van der Waals surface area contributed by atoms with E-state index >= 15 is 0 Å². The van der Waals surface area contributed by atoms with Crippen LogP contribution in [-0.4, -0.2) is 23.9 Å². The highest BCUT2D eigenvalue weighted by Gasteiger charge is 2.29. The van der Waals surface area contributed by atoms with Crippen molar-refractivity contribution < 1.29 is 0 Å². The smallest absolute Gasteiger partial charge is 0.129 e. The van der Waals surface area contributed by atoms with Crippen molar-refractivity contribution in [3.63, 3.8) is 0 Å². The van der Waals surface area contributed by atoms with Crippen molar-refractivity contribution in [1.29, 1.82) is 5.41 Å². The van der Waals surface area contributed by atoms with Gasteiger partial charge in [0.2, 0.25) is 0 Å². The molecule has 3 N–H and O–H groups in total. The van der Waals surface area contributed by atoms with Crippen molar-refractivity contribution in [3.8, 4) is 0 Å². The highest BCUT2D eigenvalue weighted by molar-refractivity contribution is 5.95. The summed E-state index contributed by atoms with van der Waals surface area (Å²) in [5.41, 5.74) is 7.75. The number of rotatable bonds is 3. The molecule has 1 saturated carbocycles. The molecule has 4 nitrogen and oxygen atoms in total. The standard InChI is InChI=1S/C16H26N4/c1-11-9-12(15(17)18)10-14(19-11)20(4)13-5-7-16(2,3)8-6-13/h9-10,13H,5-8H2,1-4H3,(H3,17,18). The van der Waals surface area contributed by atoms with Crippen LogP contribution in [0, 0.1) is 17.7 Å². The molecule has 2 rings (SSSR count). The van der Waals surface area contributed by atoms with Crippen LogP contribution in [0.5, 0.6) is 0 Å².